The van der Waals surface area contributed by atoms with Crippen LogP contribution in [0.5, 0.6) is 0 Å². The van der Waals surface area contributed by atoms with E-state index in [4.69, 9.17) is 8.83 Å². The number of aromatic nitrogens is 2. The van der Waals surface area contributed by atoms with E-state index in [1.165, 1.54) is 12.5 Å². The summed E-state index contributed by atoms with van der Waals surface area (Å²) in [4.78, 5) is 8.40. The molecule has 1 N–H and O–H groups in total. The fraction of sp³-hybridized carbons (Fsp3) is 0.118. The van der Waals surface area contributed by atoms with Crippen LogP contribution in [0.1, 0.15) is 11.5 Å². The molecule has 0 aliphatic carbocycles. The van der Waals surface area contributed by atoms with Crippen molar-refractivity contribution in [1.82, 2.24) is 9.97 Å². The van der Waals surface area contributed by atoms with Crippen molar-refractivity contribution in [2.45, 2.75) is 11.5 Å². The number of nitrogens with one attached hydrogen (secondary N) is 1. The van der Waals surface area contributed by atoms with E-state index in [0.717, 1.165) is 5.39 Å². The van der Waals surface area contributed by atoms with Gasteiger partial charge in [-0.05, 0) is 24.3 Å². The molecule has 0 amide bonds. The minimum absolute atomic E-state index is 0.102. The highest BCUT2D eigenvalue weighted by Crippen LogP contribution is 2.30. The Bertz CT molecular complexity index is 1080. The summed E-state index contributed by atoms with van der Waals surface area (Å²) in [5, 5.41) is 4.96. The van der Waals surface area contributed by atoms with Gasteiger partial charge in [-0.15, -0.1) is 0 Å². The van der Waals surface area contributed by atoms with Gasteiger partial charge in [-0.2, -0.15) is 13.9 Å². The van der Waals surface area contributed by atoms with E-state index >= 15 is 0 Å². The van der Waals surface area contributed by atoms with Gasteiger partial charge in [0, 0.05) is 5.39 Å². The Labute approximate surface area is 150 Å². The highest BCUT2D eigenvalue weighted by molar-refractivity contribution is 7.98. The second-order valence-electron chi connectivity index (χ2n) is 5.24. The largest absolute Gasteiger partial charge is 0.459 e. The van der Waals surface area contributed by atoms with Crippen molar-refractivity contribution in [2.75, 3.05) is 5.43 Å². The first-order valence-electron chi connectivity index (χ1n) is 7.60. The van der Waals surface area contributed by atoms with Crippen molar-refractivity contribution < 1.29 is 17.6 Å². The van der Waals surface area contributed by atoms with E-state index < -0.39 is 5.76 Å². The summed E-state index contributed by atoms with van der Waals surface area (Å²) >= 11 is 0.505. The summed E-state index contributed by atoms with van der Waals surface area (Å²) in [6.07, 6.45) is 2.86. The third kappa shape index (κ3) is 3.38. The molecule has 6 nitrogen and oxygen atoms in total. The standard InChI is InChI=1S/C17H12F2N4O2S/c18-17(19)26-8-11-6-5-10(24-11)7-22-23-16-15-14(20-9-21-16)12-3-1-2-4-13(12)25-15/h1-7,9,17H,8H2,(H,20,21,23)/b22-7-. The zero-order chi connectivity index (χ0) is 17.9. The number of thioether (sulfide) groups is 1. The van der Waals surface area contributed by atoms with Gasteiger partial charge in [0.25, 0.3) is 5.76 Å². The molecule has 0 radical (unpaired) electrons. The van der Waals surface area contributed by atoms with Crippen molar-refractivity contribution in [1.29, 1.82) is 0 Å². The first kappa shape index (κ1) is 16.5. The van der Waals surface area contributed by atoms with Gasteiger partial charge in [-0.3, -0.25) is 5.43 Å². The van der Waals surface area contributed by atoms with Gasteiger partial charge in [0.05, 0.1) is 12.0 Å². The molecule has 0 spiro atoms. The molecule has 9 heteroatoms. The average molecular weight is 374 g/mol. The molecule has 0 fully saturated rings. The van der Waals surface area contributed by atoms with E-state index in [0.29, 0.717) is 45.8 Å². The van der Waals surface area contributed by atoms with Crippen LogP contribution < -0.4 is 5.43 Å². The molecule has 0 bridgehead atoms. The van der Waals surface area contributed by atoms with Gasteiger partial charge in [0.15, 0.2) is 11.4 Å². The number of benzene rings is 1. The lowest BCUT2D eigenvalue weighted by Gasteiger charge is -1.98. The van der Waals surface area contributed by atoms with Crippen molar-refractivity contribution in [3.05, 3.63) is 54.2 Å². The Morgan fingerprint density at radius 3 is 2.92 bits per heavy atom. The van der Waals surface area contributed by atoms with E-state index in [1.54, 1.807) is 12.1 Å². The van der Waals surface area contributed by atoms with Crippen LogP contribution in [0.4, 0.5) is 14.6 Å². The normalized spacial score (nSPS) is 12.0. The first-order valence-corrected chi connectivity index (χ1v) is 8.65. The average Bonchev–Trinajstić information content (AvgIpc) is 3.25. The maximum absolute atomic E-state index is 12.2. The first-order chi connectivity index (χ1) is 12.7. The maximum Gasteiger partial charge on any atom is 0.284 e. The molecule has 0 aliphatic heterocycles. The molecule has 26 heavy (non-hydrogen) atoms. The van der Waals surface area contributed by atoms with Gasteiger partial charge < -0.3 is 8.83 Å². The van der Waals surface area contributed by atoms with E-state index in [2.05, 4.69) is 20.5 Å². The monoisotopic (exact) mass is 374 g/mol. The summed E-state index contributed by atoms with van der Waals surface area (Å²) in [7, 11) is 0. The molecule has 3 aromatic heterocycles. The minimum Gasteiger partial charge on any atom is -0.459 e. The molecule has 0 saturated carbocycles. The van der Waals surface area contributed by atoms with E-state index in [9.17, 15) is 8.78 Å². The zero-order valence-electron chi connectivity index (χ0n) is 13.2. The number of para-hydroxylation sites is 1. The van der Waals surface area contributed by atoms with Crippen LogP contribution in [-0.2, 0) is 5.75 Å². The van der Waals surface area contributed by atoms with Crippen LogP contribution in [0, 0.1) is 0 Å². The number of hydrogen-bond acceptors (Lipinski definition) is 7. The summed E-state index contributed by atoms with van der Waals surface area (Å²) < 4.78 is 35.6. The maximum atomic E-state index is 12.2. The third-order valence-electron chi connectivity index (χ3n) is 3.55. The van der Waals surface area contributed by atoms with Crippen molar-refractivity contribution in [3.63, 3.8) is 0 Å². The van der Waals surface area contributed by atoms with E-state index in [1.807, 2.05) is 24.3 Å². The smallest absolute Gasteiger partial charge is 0.284 e. The summed E-state index contributed by atoms with van der Waals surface area (Å²) in [5.74, 6) is -1.01. The highest BCUT2D eigenvalue weighted by Gasteiger charge is 2.12. The second-order valence-corrected chi connectivity index (χ2v) is 6.22. The van der Waals surface area contributed by atoms with Crippen LogP contribution >= 0.6 is 11.8 Å². The van der Waals surface area contributed by atoms with Crippen LogP contribution in [0.25, 0.3) is 22.1 Å². The molecule has 4 aromatic rings. The van der Waals surface area contributed by atoms with Gasteiger partial charge in [0.1, 0.15) is 28.9 Å². The van der Waals surface area contributed by atoms with Gasteiger partial charge in [-0.25, -0.2) is 9.97 Å². The Hall–Kier alpha value is -2.94. The van der Waals surface area contributed by atoms with Crippen LogP contribution in [0.3, 0.4) is 0 Å². The number of hydrazone groups is 1. The number of fused-ring (bicyclic) bond motifs is 3. The molecule has 0 saturated heterocycles. The molecule has 4 rings (SSSR count). The molecule has 3 heterocycles. The van der Waals surface area contributed by atoms with Crippen molar-refractivity contribution >= 4 is 45.9 Å². The number of rotatable bonds is 6. The fourth-order valence-corrected chi connectivity index (χ4v) is 2.89. The number of hydrogen-bond donors (Lipinski definition) is 1. The molecule has 1 aromatic carbocycles. The Balaban J connectivity index is 1.52. The molecule has 0 unspecified atom stereocenters. The SMILES string of the molecule is FC(F)SCc1ccc(/C=N\Nc2ncnc3c2oc2ccccc23)o1. The van der Waals surface area contributed by atoms with Crippen molar-refractivity contribution in [3.8, 4) is 0 Å². The predicted molar refractivity (Wildman–Crippen MR) is 96.5 cm³/mol. The lowest BCUT2D eigenvalue weighted by molar-refractivity contribution is 0.251. The molecule has 0 aliphatic rings. The Morgan fingerprint density at radius 1 is 1.15 bits per heavy atom. The second kappa shape index (κ2) is 7.12. The lowest BCUT2D eigenvalue weighted by atomic mass is 10.2. The van der Waals surface area contributed by atoms with Crippen LogP contribution in [0.2, 0.25) is 0 Å². The summed E-state index contributed by atoms with van der Waals surface area (Å²) in [6.45, 7) is 0. The number of anilines is 1. The molecule has 0 atom stereocenters. The topological polar surface area (TPSA) is 76.5 Å². The number of alkyl halides is 2. The molecular formula is C17H12F2N4O2S. The quantitative estimate of drug-likeness (QED) is 0.383. The van der Waals surface area contributed by atoms with Crippen molar-refractivity contribution in [2.24, 2.45) is 5.10 Å². The number of nitrogens with zero attached hydrogens (tertiary/aromatic N) is 3. The van der Waals surface area contributed by atoms with Gasteiger partial charge in [0.2, 0.25) is 0 Å². The van der Waals surface area contributed by atoms with Gasteiger partial charge in [-0.1, -0.05) is 23.9 Å². The predicted octanol–water partition coefficient (Wildman–Crippen LogP) is 4.87. The highest BCUT2D eigenvalue weighted by atomic mass is 32.2. The number of halogens is 2. The lowest BCUT2D eigenvalue weighted by Crippen LogP contribution is -1.94. The van der Waals surface area contributed by atoms with Crippen LogP contribution in [0.15, 0.2) is 56.7 Å². The third-order valence-corrected chi connectivity index (χ3v) is 4.26. The number of furan rings is 2. The molecular weight excluding hydrogens is 362 g/mol. The summed E-state index contributed by atoms with van der Waals surface area (Å²) in [6, 6.07) is 10.9. The van der Waals surface area contributed by atoms with Crippen LogP contribution in [-0.4, -0.2) is 21.9 Å². The summed E-state index contributed by atoms with van der Waals surface area (Å²) in [5.41, 5.74) is 4.70. The van der Waals surface area contributed by atoms with Gasteiger partial charge >= 0.3 is 0 Å². The minimum atomic E-state index is -2.43. The molecule has 132 valence electrons. The Morgan fingerprint density at radius 2 is 2.04 bits per heavy atom. The van der Waals surface area contributed by atoms with E-state index in [-0.39, 0.29) is 5.75 Å². The zero-order valence-corrected chi connectivity index (χ0v) is 14.0. The Kier molecular flexibility index (Phi) is 4.53. The fourth-order valence-electron chi connectivity index (χ4n) is 2.45.